The zero-order valence-electron chi connectivity index (χ0n) is 13.9. The molecule has 0 aliphatic carbocycles. The predicted molar refractivity (Wildman–Crippen MR) is 87.7 cm³/mol. The van der Waals surface area contributed by atoms with E-state index in [0.29, 0.717) is 32.7 Å². The number of rotatable bonds is 4. The number of nitrogens with zero attached hydrogens (tertiary/aromatic N) is 4. The number of hydrogen-bond donors (Lipinski definition) is 1. The highest BCUT2D eigenvalue weighted by atomic mass is 19.1. The molecule has 1 aromatic heterocycles. The molecule has 8 heteroatoms. The molecular weight excluding hydrogens is 327 g/mol. The minimum absolute atomic E-state index is 0.104. The third-order valence-corrected chi connectivity index (χ3v) is 4.33. The molecule has 2 aromatic rings. The minimum Gasteiger partial charge on any atom is -0.477 e. The van der Waals surface area contributed by atoms with Crippen LogP contribution < -0.4 is 0 Å². The van der Waals surface area contributed by atoms with Crippen LogP contribution in [0.3, 0.4) is 0 Å². The van der Waals surface area contributed by atoms with Crippen LogP contribution >= 0.6 is 0 Å². The molecule has 1 aromatic carbocycles. The average molecular weight is 346 g/mol. The van der Waals surface area contributed by atoms with E-state index in [-0.39, 0.29) is 23.0 Å². The van der Waals surface area contributed by atoms with Gasteiger partial charge in [0.2, 0.25) is 0 Å². The van der Waals surface area contributed by atoms with Gasteiger partial charge in [0.25, 0.3) is 5.91 Å². The minimum atomic E-state index is -1.17. The maximum Gasteiger partial charge on any atom is 0.354 e. The van der Waals surface area contributed by atoms with E-state index in [4.69, 9.17) is 0 Å². The van der Waals surface area contributed by atoms with Crippen LogP contribution in [0, 0.1) is 5.82 Å². The number of carboxylic acids is 1. The summed E-state index contributed by atoms with van der Waals surface area (Å²) in [5, 5.41) is 13.1. The maximum atomic E-state index is 13.3. The molecular formula is C17H19FN4O3. The second-order valence-electron chi connectivity index (χ2n) is 6.03. The molecule has 2 heterocycles. The molecule has 7 nitrogen and oxygen atoms in total. The first-order valence-corrected chi connectivity index (χ1v) is 7.97. The van der Waals surface area contributed by atoms with Crippen LogP contribution in [0.25, 0.3) is 0 Å². The monoisotopic (exact) mass is 346 g/mol. The summed E-state index contributed by atoms with van der Waals surface area (Å²) in [7, 11) is 1.50. The van der Waals surface area contributed by atoms with Crippen LogP contribution in [0.4, 0.5) is 4.39 Å². The van der Waals surface area contributed by atoms with Crippen LogP contribution in [-0.4, -0.2) is 62.7 Å². The van der Waals surface area contributed by atoms with Gasteiger partial charge in [0, 0.05) is 39.8 Å². The van der Waals surface area contributed by atoms with Crippen molar-refractivity contribution in [1.29, 1.82) is 0 Å². The van der Waals surface area contributed by atoms with Crippen molar-refractivity contribution in [2.24, 2.45) is 7.05 Å². The van der Waals surface area contributed by atoms with Crippen molar-refractivity contribution in [3.05, 3.63) is 53.1 Å². The lowest BCUT2D eigenvalue weighted by molar-refractivity contribution is 0.0606. The molecule has 1 N–H and O–H groups in total. The summed E-state index contributed by atoms with van der Waals surface area (Å²) in [5.74, 6) is -1.76. The van der Waals surface area contributed by atoms with Gasteiger partial charge >= 0.3 is 5.97 Å². The topological polar surface area (TPSA) is 78.7 Å². The van der Waals surface area contributed by atoms with Crippen LogP contribution in [0.15, 0.2) is 30.5 Å². The molecule has 1 aliphatic rings. The van der Waals surface area contributed by atoms with Crippen molar-refractivity contribution < 1.29 is 19.1 Å². The largest absolute Gasteiger partial charge is 0.477 e. The fourth-order valence-electron chi connectivity index (χ4n) is 3.02. The molecule has 0 unspecified atom stereocenters. The van der Waals surface area contributed by atoms with Crippen molar-refractivity contribution >= 4 is 11.9 Å². The van der Waals surface area contributed by atoms with Gasteiger partial charge in [-0.1, -0.05) is 12.1 Å². The normalized spacial score (nSPS) is 15.4. The number of carbonyl (C=O) groups is 2. The third-order valence-electron chi connectivity index (χ3n) is 4.33. The lowest BCUT2D eigenvalue weighted by Crippen LogP contribution is -2.48. The van der Waals surface area contributed by atoms with Crippen molar-refractivity contribution in [1.82, 2.24) is 19.6 Å². The smallest absolute Gasteiger partial charge is 0.354 e. The van der Waals surface area contributed by atoms with Gasteiger partial charge in [0.15, 0.2) is 5.69 Å². The Hall–Kier alpha value is -2.74. The van der Waals surface area contributed by atoms with E-state index in [0.717, 1.165) is 5.56 Å². The first-order valence-electron chi connectivity index (χ1n) is 7.97. The van der Waals surface area contributed by atoms with E-state index in [2.05, 4.69) is 10.00 Å². The molecule has 1 aliphatic heterocycles. The Kier molecular flexibility index (Phi) is 4.80. The van der Waals surface area contributed by atoms with Gasteiger partial charge in [-0.05, 0) is 17.7 Å². The molecule has 0 saturated carbocycles. The zero-order chi connectivity index (χ0) is 18.0. The summed E-state index contributed by atoms with van der Waals surface area (Å²) < 4.78 is 14.4. The Bertz CT molecular complexity index is 797. The van der Waals surface area contributed by atoms with E-state index in [1.165, 1.54) is 30.1 Å². The molecule has 0 radical (unpaired) electrons. The Labute approximate surface area is 144 Å². The first-order chi connectivity index (χ1) is 12.0. The third kappa shape index (κ3) is 3.69. The molecule has 25 heavy (non-hydrogen) atoms. The quantitative estimate of drug-likeness (QED) is 0.900. The van der Waals surface area contributed by atoms with Crippen molar-refractivity contribution in [2.75, 3.05) is 26.2 Å². The summed E-state index contributed by atoms with van der Waals surface area (Å²) in [6, 6.07) is 6.47. The van der Waals surface area contributed by atoms with Crippen LogP contribution in [0.1, 0.15) is 26.4 Å². The second kappa shape index (κ2) is 7.02. The van der Waals surface area contributed by atoms with Gasteiger partial charge in [0.1, 0.15) is 5.82 Å². The summed E-state index contributed by atoms with van der Waals surface area (Å²) in [6.07, 6.45) is 1.30. The number of aryl methyl sites for hydroxylation is 1. The van der Waals surface area contributed by atoms with Gasteiger partial charge in [-0.2, -0.15) is 5.10 Å². The van der Waals surface area contributed by atoms with E-state index in [1.54, 1.807) is 11.0 Å². The SMILES string of the molecule is Cn1ncc(C(=O)N2CCN(Cc3cccc(F)c3)CC2)c1C(=O)O. The summed E-state index contributed by atoms with van der Waals surface area (Å²) >= 11 is 0. The number of piperazine rings is 1. The first kappa shape index (κ1) is 17.1. The molecule has 0 bridgehead atoms. The molecule has 1 fully saturated rings. The van der Waals surface area contributed by atoms with Crippen molar-refractivity contribution in [3.63, 3.8) is 0 Å². The standard InChI is InChI=1S/C17H19FN4O3/c1-20-15(17(24)25)14(10-19-20)16(23)22-7-5-21(6-8-22)11-12-3-2-4-13(18)9-12/h2-4,9-10H,5-8,11H2,1H3,(H,24,25). The van der Waals surface area contributed by atoms with Gasteiger partial charge in [-0.15, -0.1) is 0 Å². The molecule has 0 atom stereocenters. The average Bonchev–Trinajstić information content (AvgIpc) is 2.97. The van der Waals surface area contributed by atoms with Gasteiger partial charge in [-0.3, -0.25) is 14.4 Å². The van der Waals surface area contributed by atoms with Crippen molar-refractivity contribution in [3.8, 4) is 0 Å². The van der Waals surface area contributed by atoms with Crippen LogP contribution in [0.5, 0.6) is 0 Å². The zero-order valence-corrected chi connectivity index (χ0v) is 13.9. The summed E-state index contributed by atoms with van der Waals surface area (Å²) in [5.41, 5.74) is 0.890. The number of carbonyl (C=O) groups excluding carboxylic acids is 1. The number of amides is 1. The number of aromatic nitrogens is 2. The number of aromatic carboxylic acids is 1. The predicted octanol–water partition coefficient (Wildman–Crippen LogP) is 1.22. The Balaban J connectivity index is 1.62. The van der Waals surface area contributed by atoms with E-state index in [9.17, 15) is 19.1 Å². The van der Waals surface area contributed by atoms with Gasteiger partial charge in [0.05, 0.1) is 11.8 Å². The number of hydrogen-bond acceptors (Lipinski definition) is 4. The molecule has 3 rings (SSSR count). The highest BCUT2D eigenvalue weighted by Gasteiger charge is 2.28. The number of halogens is 1. The van der Waals surface area contributed by atoms with Gasteiger partial charge in [-0.25, -0.2) is 9.18 Å². The highest BCUT2D eigenvalue weighted by molar-refractivity contribution is 6.03. The van der Waals surface area contributed by atoms with E-state index >= 15 is 0 Å². The lowest BCUT2D eigenvalue weighted by atomic mass is 10.1. The lowest BCUT2D eigenvalue weighted by Gasteiger charge is -2.34. The van der Waals surface area contributed by atoms with Crippen LogP contribution in [-0.2, 0) is 13.6 Å². The molecule has 0 spiro atoms. The Morgan fingerprint density at radius 1 is 1.24 bits per heavy atom. The molecule has 1 saturated heterocycles. The van der Waals surface area contributed by atoms with Gasteiger partial charge < -0.3 is 10.0 Å². The fourth-order valence-corrected chi connectivity index (χ4v) is 3.02. The van der Waals surface area contributed by atoms with E-state index < -0.39 is 5.97 Å². The highest BCUT2D eigenvalue weighted by Crippen LogP contribution is 2.15. The molecule has 132 valence electrons. The summed E-state index contributed by atoms with van der Waals surface area (Å²) in [4.78, 5) is 27.7. The number of benzene rings is 1. The van der Waals surface area contributed by atoms with E-state index in [1.807, 2.05) is 6.07 Å². The van der Waals surface area contributed by atoms with Crippen molar-refractivity contribution in [2.45, 2.75) is 6.54 Å². The fraction of sp³-hybridized carbons (Fsp3) is 0.353. The second-order valence-corrected chi connectivity index (χ2v) is 6.03. The maximum absolute atomic E-state index is 13.3. The molecule has 1 amide bonds. The Morgan fingerprint density at radius 3 is 2.60 bits per heavy atom. The number of carboxylic acid groups (broad SMARTS) is 1. The van der Waals surface area contributed by atoms with Crippen LogP contribution in [0.2, 0.25) is 0 Å². The Morgan fingerprint density at radius 2 is 1.96 bits per heavy atom. The summed E-state index contributed by atoms with van der Waals surface area (Å²) in [6.45, 7) is 2.88.